The Bertz CT molecular complexity index is 999. The average molecular weight is 507 g/mol. The summed E-state index contributed by atoms with van der Waals surface area (Å²) in [6.45, 7) is 6.50. The first-order valence-electron chi connectivity index (χ1n) is 12.9. The van der Waals surface area contributed by atoms with Crippen molar-refractivity contribution in [2.45, 2.75) is 56.8 Å². The zero-order valence-corrected chi connectivity index (χ0v) is 21.5. The lowest BCUT2D eigenvalue weighted by molar-refractivity contribution is -0.125. The van der Waals surface area contributed by atoms with Crippen LogP contribution < -0.4 is 15.0 Å². The number of sulfonamides is 1. The zero-order chi connectivity index (χ0) is 24.8. The Kier molecular flexibility index (Phi) is 8.67. The molecule has 3 heterocycles. The van der Waals surface area contributed by atoms with Crippen molar-refractivity contribution < 1.29 is 22.7 Å². The van der Waals surface area contributed by atoms with E-state index in [4.69, 9.17) is 4.74 Å². The van der Waals surface area contributed by atoms with Crippen LogP contribution in [0.25, 0.3) is 0 Å². The van der Waals surface area contributed by atoms with Crippen LogP contribution in [-0.2, 0) is 19.6 Å². The van der Waals surface area contributed by atoms with Gasteiger partial charge < -0.3 is 15.0 Å². The number of hydrogen-bond donors (Lipinski definition) is 1. The summed E-state index contributed by atoms with van der Waals surface area (Å²) in [4.78, 5) is 29.2. The van der Waals surface area contributed by atoms with Crippen molar-refractivity contribution in [2.75, 3.05) is 57.3 Å². The normalized spacial score (nSPS) is 20.7. The maximum absolute atomic E-state index is 13.2. The highest BCUT2D eigenvalue weighted by Crippen LogP contribution is 2.35. The van der Waals surface area contributed by atoms with Crippen LogP contribution in [0.3, 0.4) is 0 Å². The topological polar surface area (TPSA) is 99.3 Å². The van der Waals surface area contributed by atoms with Gasteiger partial charge >= 0.3 is 0 Å². The minimum atomic E-state index is -3.68. The Hall–Kier alpha value is -2.17. The Labute approximate surface area is 208 Å². The van der Waals surface area contributed by atoms with Gasteiger partial charge in [-0.15, -0.1) is 0 Å². The van der Waals surface area contributed by atoms with E-state index in [-0.39, 0.29) is 29.9 Å². The number of hydrogen-bond acceptors (Lipinski definition) is 6. The van der Waals surface area contributed by atoms with Gasteiger partial charge in [-0.3, -0.25) is 14.5 Å². The third-order valence-electron chi connectivity index (χ3n) is 7.23. The molecule has 1 aromatic rings. The molecule has 0 atom stereocenters. The second-order valence-electron chi connectivity index (χ2n) is 9.94. The number of carbonyl (C=O) groups is 2. The number of piperidine rings is 1. The summed E-state index contributed by atoms with van der Waals surface area (Å²) in [5.74, 6) is 0.290. The number of anilines is 1. The fourth-order valence-electron chi connectivity index (χ4n) is 4.98. The van der Waals surface area contributed by atoms with Gasteiger partial charge in [0.15, 0.2) is 6.61 Å². The van der Waals surface area contributed by atoms with Gasteiger partial charge in [0.2, 0.25) is 15.9 Å². The van der Waals surface area contributed by atoms with Gasteiger partial charge in [-0.05, 0) is 75.9 Å². The molecule has 0 aromatic heterocycles. The van der Waals surface area contributed by atoms with E-state index < -0.39 is 10.0 Å². The molecule has 0 unspecified atom stereocenters. The predicted octanol–water partition coefficient (Wildman–Crippen LogP) is 2.21. The summed E-state index contributed by atoms with van der Waals surface area (Å²) in [6.07, 6.45) is 7.58. The smallest absolute Gasteiger partial charge is 0.265 e. The second kappa shape index (κ2) is 11.7. The maximum atomic E-state index is 13.2. The van der Waals surface area contributed by atoms with Crippen LogP contribution in [0.5, 0.6) is 5.75 Å². The fourth-order valence-corrected chi connectivity index (χ4v) is 6.47. The first-order valence-corrected chi connectivity index (χ1v) is 14.3. The molecule has 10 heteroatoms. The standard InChI is InChI=1S/C25H38N4O5S/c1-20-9-15-28(16-10-20)35(32,33)21-7-8-23-22(17-21)29(25(31)19-34-23)18-24(30)26-11-6-14-27-12-4-2-3-5-13-27/h7-8,17,20H,2-6,9-16,18-19H2,1H3,(H,26,30). The van der Waals surface area contributed by atoms with Crippen molar-refractivity contribution in [1.29, 1.82) is 0 Å². The fraction of sp³-hybridized carbons (Fsp3) is 0.680. The third kappa shape index (κ3) is 6.54. The van der Waals surface area contributed by atoms with E-state index in [1.807, 2.05) is 0 Å². The first kappa shape index (κ1) is 25.9. The van der Waals surface area contributed by atoms with E-state index in [0.29, 0.717) is 37.0 Å². The van der Waals surface area contributed by atoms with Gasteiger partial charge in [-0.1, -0.05) is 19.8 Å². The molecule has 0 aliphatic carbocycles. The Morgan fingerprint density at radius 3 is 2.51 bits per heavy atom. The molecular weight excluding hydrogens is 468 g/mol. The van der Waals surface area contributed by atoms with Gasteiger partial charge in [-0.2, -0.15) is 4.31 Å². The number of carbonyl (C=O) groups excluding carboxylic acids is 2. The number of rotatable bonds is 8. The van der Waals surface area contributed by atoms with E-state index in [1.165, 1.54) is 47.0 Å². The van der Waals surface area contributed by atoms with Gasteiger partial charge in [0.25, 0.3) is 5.91 Å². The molecule has 0 radical (unpaired) electrons. The van der Waals surface area contributed by atoms with Crippen LogP contribution in [0.4, 0.5) is 5.69 Å². The van der Waals surface area contributed by atoms with Crippen molar-refractivity contribution in [2.24, 2.45) is 5.92 Å². The van der Waals surface area contributed by atoms with Crippen LogP contribution in [0.15, 0.2) is 23.1 Å². The molecular formula is C25H38N4O5S. The highest BCUT2D eigenvalue weighted by atomic mass is 32.2. The molecule has 0 saturated carbocycles. The summed E-state index contributed by atoms with van der Waals surface area (Å²) in [6, 6.07) is 4.56. The monoisotopic (exact) mass is 506 g/mol. The molecule has 2 amide bonds. The van der Waals surface area contributed by atoms with Crippen molar-refractivity contribution in [3.05, 3.63) is 18.2 Å². The molecule has 3 aliphatic rings. The molecule has 9 nitrogen and oxygen atoms in total. The summed E-state index contributed by atoms with van der Waals surface area (Å²) < 4.78 is 33.4. The van der Waals surface area contributed by atoms with Crippen LogP contribution in [0.2, 0.25) is 0 Å². The number of nitrogens with zero attached hydrogens (tertiary/aromatic N) is 3. The summed E-state index contributed by atoms with van der Waals surface area (Å²) in [7, 11) is -3.68. The lowest BCUT2D eigenvalue weighted by Gasteiger charge is -2.31. The van der Waals surface area contributed by atoms with Gasteiger partial charge in [0.1, 0.15) is 12.3 Å². The molecule has 194 valence electrons. The summed E-state index contributed by atoms with van der Waals surface area (Å²) in [5, 5.41) is 2.91. The van der Waals surface area contributed by atoms with Crippen molar-refractivity contribution in [1.82, 2.24) is 14.5 Å². The Balaban J connectivity index is 1.37. The first-order chi connectivity index (χ1) is 16.8. The quantitative estimate of drug-likeness (QED) is 0.543. The van der Waals surface area contributed by atoms with Crippen LogP contribution in [-0.4, -0.2) is 81.9 Å². The lowest BCUT2D eigenvalue weighted by Crippen LogP contribution is -2.45. The number of nitrogens with one attached hydrogen (secondary N) is 1. The molecule has 0 bridgehead atoms. The minimum Gasteiger partial charge on any atom is -0.482 e. The highest BCUT2D eigenvalue weighted by molar-refractivity contribution is 7.89. The largest absolute Gasteiger partial charge is 0.482 e. The number of ether oxygens (including phenoxy) is 1. The molecule has 35 heavy (non-hydrogen) atoms. The molecule has 1 N–H and O–H groups in total. The molecule has 4 rings (SSSR count). The number of fused-ring (bicyclic) bond motifs is 1. The summed E-state index contributed by atoms with van der Waals surface area (Å²) in [5.41, 5.74) is 0.326. The number of likely N-dealkylation sites (tertiary alicyclic amines) is 1. The van der Waals surface area contributed by atoms with Crippen LogP contribution >= 0.6 is 0 Å². The van der Waals surface area contributed by atoms with E-state index in [0.717, 1.165) is 38.9 Å². The minimum absolute atomic E-state index is 0.118. The van der Waals surface area contributed by atoms with Gasteiger partial charge in [0.05, 0.1) is 10.6 Å². The van der Waals surface area contributed by atoms with Crippen molar-refractivity contribution >= 4 is 27.5 Å². The van der Waals surface area contributed by atoms with Crippen molar-refractivity contribution in [3.63, 3.8) is 0 Å². The van der Waals surface area contributed by atoms with Crippen LogP contribution in [0.1, 0.15) is 51.9 Å². The third-order valence-corrected chi connectivity index (χ3v) is 9.12. The highest BCUT2D eigenvalue weighted by Gasteiger charge is 2.32. The molecule has 2 fully saturated rings. The Morgan fingerprint density at radius 2 is 1.80 bits per heavy atom. The molecule has 0 spiro atoms. The molecule has 2 saturated heterocycles. The van der Waals surface area contributed by atoms with Gasteiger partial charge in [-0.25, -0.2) is 8.42 Å². The van der Waals surface area contributed by atoms with Crippen LogP contribution in [0, 0.1) is 5.92 Å². The molecule has 1 aromatic carbocycles. The number of benzene rings is 1. The number of amides is 2. The zero-order valence-electron chi connectivity index (χ0n) is 20.7. The Morgan fingerprint density at radius 1 is 1.09 bits per heavy atom. The van der Waals surface area contributed by atoms with E-state index in [1.54, 1.807) is 6.07 Å². The van der Waals surface area contributed by atoms with E-state index in [9.17, 15) is 18.0 Å². The summed E-state index contributed by atoms with van der Waals surface area (Å²) >= 11 is 0. The van der Waals surface area contributed by atoms with E-state index in [2.05, 4.69) is 17.1 Å². The lowest BCUT2D eigenvalue weighted by atomic mass is 10.0. The van der Waals surface area contributed by atoms with E-state index >= 15 is 0 Å². The average Bonchev–Trinajstić information content (AvgIpc) is 3.12. The van der Waals surface area contributed by atoms with Crippen molar-refractivity contribution in [3.8, 4) is 5.75 Å². The van der Waals surface area contributed by atoms with Gasteiger partial charge in [0, 0.05) is 19.6 Å². The predicted molar refractivity (Wildman–Crippen MR) is 134 cm³/mol. The SMILES string of the molecule is CC1CCN(S(=O)(=O)c2ccc3c(c2)N(CC(=O)NCCCN2CCCCCC2)C(=O)CO3)CC1. The second-order valence-corrected chi connectivity index (χ2v) is 11.9. The maximum Gasteiger partial charge on any atom is 0.265 e. The molecule has 3 aliphatic heterocycles.